The van der Waals surface area contributed by atoms with Crippen LogP contribution in [0.5, 0.6) is 5.75 Å². The molecule has 0 fully saturated rings. The van der Waals surface area contributed by atoms with Crippen molar-refractivity contribution in [2.24, 2.45) is 0 Å². The minimum atomic E-state index is -1.34. The van der Waals surface area contributed by atoms with Crippen LogP contribution in [-0.2, 0) is 0 Å². The Morgan fingerprint density at radius 3 is 2.65 bits per heavy atom. The molecule has 26 heavy (non-hydrogen) atoms. The van der Waals surface area contributed by atoms with Crippen LogP contribution in [0.3, 0.4) is 0 Å². The number of aromatic hydroxyl groups is 1. The number of Topliss-reactive ketones (excluding diaryl/α,β-unsaturated/α-hetero) is 1. The molecule has 0 bridgehead atoms. The zero-order valence-corrected chi connectivity index (χ0v) is 13.0. The highest BCUT2D eigenvalue weighted by Gasteiger charge is 2.15. The van der Waals surface area contributed by atoms with Gasteiger partial charge in [0.15, 0.2) is 5.58 Å². The third-order valence-electron chi connectivity index (χ3n) is 3.61. The Morgan fingerprint density at radius 2 is 1.96 bits per heavy atom. The van der Waals surface area contributed by atoms with Crippen molar-refractivity contribution in [3.63, 3.8) is 0 Å². The van der Waals surface area contributed by atoms with Gasteiger partial charge in [0.05, 0.1) is 5.52 Å². The van der Waals surface area contributed by atoms with Crippen molar-refractivity contribution in [1.29, 1.82) is 5.26 Å². The molecule has 0 saturated carbocycles. The van der Waals surface area contributed by atoms with Gasteiger partial charge in [0.2, 0.25) is 5.78 Å². The summed E-state index contributed by atoms with van der Waals surface area (Å²) in [6.07, 6.45) is 1.21. The number of aromatic amines is 1. The van der Waals surface area contributed by atoms with Crippen LogP contribution in [0.4, 0.5) is 0 Å². The molecule has 1 aromatic heterocycles. The number of carbonyl (C=O) groups excluding carboxylic acids is 1. The van der Waals surface area contributed by atoms with Crippen molar-refractivity contribution in [3.05, 3.63) is 69.2 Å². The first-order valence-electron chi connectivity index (χ1n) is 7.24. The van der Waals surface area contributed by atoms with Crippen molar-refractivity contribution in [3.8, 4) is 11.8 Å². The fourth-order valence-corrected chi connectivity index (χ4v) is 2.37. The number of ketones is 1. The van der Waals surface area contributed by atoms with Crippen LogP contribution in [0.15, 0.2) is 51.2 Å². The van der Waals surface area contributed by atoms with Gasteiger partial charge in [-0.2, -0.15) is 5.26 Å². The third kappa shape index (κ3) is 3.09. The molecule has 0 amide bonds. The average molecular weight is 350 g/mol. The molecule has 1 heterocycles. The Kier molecular flexibility index (Phi) is 4.12. The van der Waals surface area contributed by atoms with Crippen LogP contribution in [-0.4, -0.2) is 26.9 Å². The summed E-state index contributed by atoms with van der Waals surface area (Å²) < 4.78 is 4.89. The number of H-pyrrole nitrogens is 1. The molecule has 2 aromatic carbocycles. The lowest BCUT2D eigenvalue weighted by atomic mass is 10.0. The van der Waals surface area contributed by atoms with E-state index in [2.05, 4.69) is 4.98 Å². The van der Waals surface area contributed by atoms with Crippen molar-refractivity contribution < 1.29 is 24.2 Å². The quantitative estimate of drug-likeness (QED) is 0.372. The van der Waals surface area contributed by atoms with Gasteiger partial charge in [-0.3, -0.25) is 9.78 Å². The number of hydrogen-bond donors (Lipinski definition) is 3. The van der Waals surface area contributed by atoms with Gasteiger partial charge in [-0.05, 0) is 42.0 Å². The predicted octanol–water partition coefficient (Wildman–Crippen LogP) is 2.31. The Bertz CT molecular complexity index is 1180. The number of carboxylic acids is 1. The second-order valence-corrected chi connectivity index (χ2v) is 5.31. The first-order chi connectivity index (χ1) is 12.4. The maximum atomic E-state index is 12.5. The first kappa shape index (κ1) is 16.7. The molecule has 8 nitrogen and oxygen atoms in total. The fourth-order valence-electron chi connectivity index (χ4n) is 2.37. The Labute approximate surface area is 145 Å². The van der Waals surface area contributed by atoms with Gasteiger partial charge in [0.1, 0.15) is 23.0 Å². The molecule has 0 aliphatic rings. The zero-order valence-electron chi connectivity index (χ0n) is 13.0. The Morgan fingerprint density at radius 1 is 1.19 bits per heavy atom. The molecule has 0 spiro atoms. The smallest absolute Gasteiger partial charge is 0.417 e. The van der Waals surface area contributed by atoms with E-state index in [-0.39, 0.29) is 27.8 Å². The molecule has 3 N–H and O–H groups in total. The topological polar surface area (TPSA) is 144 Å². The lowest BCUT2D eigenvalue weighted by Crippen LogP contribution is -2.02. The molecule has 8 heteroatoms. The number of phenols is 1. The van der Waals surface area contributed by atoms with Gasteiger partial charge < -0.3 is 14.6 Å². The van der Waals surface area contributed by atoms with Gasteiger partial charge >= 0.3 is 11.7 Å². The summed E-state index contributed by atoms with van der Waals surface area (Å²) in [5.41, 5.74) is 0.391. The Hall–Kier alpha value is -4.12. The second-order valence-electron chi connectivity index (χ2n) is 5.31. The number of aromatic nitrogens is 1. The van der Waals surface area contributed by atoms with E-state index in [1.165, 1.54) is 30.3 Å². The highest BCUT2D eigenvalue weighted by molar-refractivity contribution is 6.15. The number of carboxylic acid groups (broad SMARTS) is 1. The fraction of sp³-hybridized carbons (Fsp3) is 0. The molecule has 128 valence electrons. The number of fused-ring (bicyclic) bond motifs is 1. The van der Waals surface area contributed by atoms with E-state index in [0.717, 1.165) is 12.1 Å². The van der Waals surface area contributed by atoms with Gasteiger partial charge in [-0.1, -0.05) is 6.07 Å². The number of aromatic carboxylic acids is 1. The molecule has 0 aliphatic carbocycles. The minimum Gasteiger partial charge on any atom is -0.507 e. The number of rotatable bonds is 4. The third-order valence-corrected chi connectivity index (χ3v) is 3.61. The normalized spacial score (nSPS) is 11.3. The molecule has 3 aromatic rings. The Balaban J connectivity index is 2.01. The highest BCUT2D eigenvalue weighted by Crippen LogP contribution is 2.21. The number of allylic oxidation sites excluding steroid dienone is 1. The number of oxazole rings is 1. The first-order valence-corrected chi connectivity index (χ1v) is 7.24. The summed E-state index contributed by atoms with van der Waals surface area (Å²) in [7, 11) is 0. The lowest BCUT2D eigenvalue weighted by Gasteiger charge is -2.03. The zero-order chi connectivity index (χ0) is 18.8. The highest BCUT2D eigenvalue weighted by atomic mass is 16.4. The minimum absolute atomic E-state index is 0.130. The molecule has 0 radical (unpaired) electrons. The van der Waals surface area contributed by atoms with Crippen molar-refractivity contribution in [2.45, 2.75) is 0 Å². The van der Waals surface area contributed by atoms with Crippen molar-refractivity contribution >= 4 is 28.9 Å². The summed E-state index contributed by atoms with van der Waals surface area (Å²) in [6.45, 7) is 0. The van der Waals surface area contributed by atoms with E-state index in [4.69, 9.17) is 9.52 Å². The van der Waals surface area contributed by atoms with Crippen LogP contribution >= 0.6 is 0 Å². The van der Waals surface area contributed by atoms with E-state index in [1.807, 2.05) is 0 Å². The predicted molar refractivity (Wildman–Crippen MR) is 89.8 cm³/mol. The molecule has 0 unspecified atom stereocenters. The van der Waals surface area contributed by atoms with Crippen LogP contribution in [0.1, 0.15) is 26.3 Å². The molecule has 3 rings (SSSR count). The van der Waals surface area contributed by atoms with Crippen LogP contribution in [0.25, 0.3) is 17.2 Å². The van der Waals surface area contributed by atoms with E-state index in [1.54, 1.807) is 6.07 Å². The summed E-state index contributed by atoms with van der Waals surface area (Å²) >= 11 is 0. The second kappa shape index (κ2) is 6.41. The van der Waals surface area contributed by atoms with Crippen molar-refractivity contribution in [1.82, 2.24) is 4.98 Å². The SMILES string of the molecule is N#CC(=Cc1ccc(O)c(C(=O)O)c1)C(=O)c1ccc2[nH]c(=O)oc2c1. The molecule has 0 saturated heterocycles. The summed E-state index contributed by atoms with van der Waals surface area (Å²) in [4.78, 5) is 37.2. The van der Waals surface area contributed by atoms with Gasteiger partial charge in [0, 0.05) is 5.56 Å². The van der Waals surface area contributed by atoms with E-state index >= 15 is 0 Å². The summed E-state index contributed by atoms with van der Waals surface area (Å²) in [6, 6.07) is 9.70. The van der Waals surface area contributed by atoms with Crippen LogP contribution in [0, 0.1) is 11.3 Å². The lowest BCUT2D eigenvalue weighted by molar-refractivity contribution is 0.0693. The van der Waals surface area contributed by atoms with E-state index in [0.29, 0.717) is 5.52 Å². The summed E-state index contributed by atoms with van der Waals surface area (Å²) in [5.74, 6) is -3.04. The van der Waals surface area contributed by atoms with Crippen LogP contribution < -0.4 is 5.76 Å². The van der Waals surface area contributed by atoms with Crippen molar-refractivity contribution in [2.75, 3.05) is 0 Å². The maximum absolute atomic E-state index is 12.5. The standard InChI is InChI=1S/C18H10N2O6/c19-8-11(5-9-1-4-14(21)12(6-9)17(23)24)16(22)10-2-3-13-15(7-10)26-18(25)20-13/h1-7,21H,(H,20,25)(H,23,24). The number of nitrogens with zero attached hydrogens (tertiary/aromatic N) is 1. The number of nitrogens with one attached hydrogen (secondary N) is 1. The molecule has 0 aliphatic heterocycles. The number of nitriles is 1. The van der Waals surface area contributed by atoms with Gasteiger partial charge in [-0.25, -0.2) is 9.59 Å². The van der Waals surface area contributed by atoms with E-state index < -0.39 is 23.3 Å². The average Bonchev–Trinajstić information content (AvgIpc) is 2.99. The largest absolute Gasteiger partial charge is 0.507 e. The number of benzene rings is 2. The molecule has 0 atom stereocenters. The number of hydrogen-bond acceptors (Lipinski definition) is 6. The number of carbonyl (C=O) groups is 2. The van der Waals surface area contributed by atoms with Gasteiger partial charge in [0.25, 0.3) is 0 Å². The van der Waals surface area contributed by atoms with Gasteiger partial charge in [-0.15, -0.1) is 0 Å². The monoisotopic (exact) mass is 350 g/mol. The van der Waals surface area contributed by atoms with Crippen LogP contribution in [0.2, 0.25) is 0 Å². The summed E-state index contributed by atoms with van der Waals surface area (Å²) in [5, 5.41) is 27.8. The van der Waals surface area contributed by atoms with E-state index in [9.17, 15) is 24.8 Å². The molecular weight excluding hydrogens is 340 g/mol. The molecular formula is C18H10N2O6. The maximum Gasteiger partial charge on any atom is 0.417 e.